The fourth-order valence-electron chi connectivity index (χ4n) is 0.791. The lowest BCUT2D eigenvalue weighted by Gasteiger charge is -2.16. The minimum atomic E-state index is -4.24. The maximum Gasteiger partial charge on any atom is 0.340 e. The van der Waals surface area contributed by atoms with Crippen molar-refractivity contribution < 1.29 is 22.3 Å². The van der Waals surface area contributed by atoms with Gasteiger partial charge in [0.15, 0.2) is 6.61 Å². The average Bonchev–Trinajstić information content (AvgIpc) is 2.16. The Morgan fingerprint density at radius 3 is 2.62 bits per heavy atom. The molecule has 0 radical (unpaired) electrons. The highest BCUT2D eigenvalue weighted by molar-refractivity contribution is 6.30. The van der Waals surface area contributed by atoms with Gasteiger partial charge in [0.25, 0.3) is 0 Å². The molecule has 0 aromatic carbocycles. The van der Waals surface area contributed by atoms with Crippen LogP contribution in [0.1, 0.15) is 0 Å². The Hall–Kier alpha value is -1.24. The molecule has 1 heterocycles. The molecule has 0 aliphatic rings. The Morgan fingerprint density at radius 2 is 2.12 bits per heavy atom. The van der Waals surface area contributed by atoms with Crippen molar-refractivity contribution >= 4 is 17.3 Å². The first kappa shape index (κ1) is 12.8. The van der Waals surface area contributed by atoms with Crippen molar-refractivity contribution in [3.63, 3.8) is 0 Å². The molecule has 0 saturated carbocycles. The molecule has 1 aromatic heterocycles. The number of nitrogens with zero attached hydrogens (tertiary/aromatic N) is 1. The Balaban J connectivity index is 2.68. The van der Waals surface area contributed by atoms with E-state index >= 15 is 0 Å². The summed E-state index contributed by atoms with van der Waals surface area (Å²) in [6, 6.07) is 1.21. The number of anilines is 1. The van der Waals surface area contributed by atoms with Crippen molar-refractivity contribution in [2.24, 2.45) is 0 Å². The van der Waals surface area contributed by atoms with E-state index in [9.17, 15) is 17.6 Å². The maximum absolute atomic E-state index is 12.5. The number of pyridine rings is 1. The van der Waals surface area contributed by atoms with E-state index in [1.54, 1.807) is 0 Å². The number of nitrogen functional groups attached to an aromatic ring is 1. The Morgan fingerprint density at radius 1 is 1.50 bits per heavy atom. The van der Waals surface area contributed by atoms with Crippen LogP contribution in [0.25, 0.3) is 0 Å². The minimum absolute atomic E-state index is 0.0995. The standard InChI is InChI=1S/C8H7ClF4N2O/c9-4-1-5(14)6(15-2-4)16-3-8(12,13)7(10)11/h1-2,7H,3,14H2. The van der Waals surface area contributed by atoms with Crippen molar-refractivity contribution in [1.29, 1.82) is 0 Å². The van der Waals surface area contributed by atoms with Crippen LogP contribution in [0.5, 0.6) is 5.88 Å². The van der Waals surface area contributed by atoms with Crippen LogP contribution in [0, 0.1) is 0 Å². The van der Waals surface area contributed by atoms with Gasteiger partial charge in [-0.05, 0) is 6.07 Å². The molecule has 1 aromatic rings. The lowest BCUT2D eigenvalue weighted by atomic mass is 10.4. The molecule has 8 heteroatoms. The Kier molecular flexibility index (Phi) is 3.79. The number of nitrogens with two attached hydrogens (primary N) is 1. The third-order valence-corrected chi connectivity index (χ3v) is 1.77. The van der Waals surface area contributed by atoms with Crippen LogP contribution in [-0.4, -0.2) is 23.9 Å². The lowest BCUT2D eigenvalue weighted by molar-refractivity contribution is -0.148. The van der Waals surface area contributed by atoms with Gasteiger partial charge in [-0.2, -0.15) is 8.78 Å². The number of aromatic nitrogens is 1. The monoisotopic (exact) mass is 258 g/mol. The van der Waals surface area contributed by atoms with Crippen molar-refractivity contribution in [3.8, 4) is 5.88 Å². The summed E-state index contributed by atoms with van der Waals surface area (Å²) >= 11 is 5.49. The summed E-state index contributed by atoms with van der Waals surface area (Å²) in [6.07, 6.45) is -2.70. The van der Waals surface area contributed by atoms with E-state index in [4.69, 9.17) is 17.3 Å². The average molecular weight is 259 g/mol. The normalized spacial score (nSPS) is 11.9. The number of hydrogen-bond donors (Lipinski definition) is 1. The fraction of sp³-hybridized carbons (Fsp3) is 0.375. The molecule has 90 valence electrons. The van der Waals surface area contributed by atoms with E-state index < -0.39 is 19.0 Å². The molecule has 0 amide bonds. The highest BCUT2D eigenvalue weighted by atomic mass is 35.5. The SMILES string of the molecule is Nc1cc(Cl)cnc1OCC(F)(F)C(F)F. The van der Waals surface area contributed by atoms with E-state index in [1.807, 2.05) is 0 Å². The van der Waals surface area contributed by atoms with Crippen LogP contribution in [0.3, 0.4) is 0 Å². The molecule has 0 bridgehead atoms. The van der Waals surface area contributed by atoms with Crippen LogP contribution < -0.4 is 10.5 Å². The zero-order valence-electron chi connectivity index (χ0n) is 7.76. The maximum atomic E-state index is 12.5. The molecular weight excluding hydrogens is 252 g/mol. The van der Waals surface area contributed by atoms with Gasteiger partial charge in [-0.3, -0.25) is 0 Å². The first-order chi connectivity index (χ1) is 7.33. The van der Waals surface area contributed by atoms with Gasteiger partial charge in [0.1, 0.15) is 0 Å². The van der Waals surface area contributed by atoms with Crippen molar-refractivity contribution in [1.82, 2.24) is 4.98 Å². The Labute approximate surface area is 93.2 Å². The van der Waals surface area contributed by atoms with Crippen molar-refractivity contribution in [2.75, 3.05) is 12.3 Å². The van der Waals surface area contributed by atoms with E-state index in [2.05, 4.69) is 9.72 Å². The van der Waals surface area contributed by atoms with Gasteiger partial charge >= 0.3 is 12.3 Å². The molecular formula is C8H7ClF4N2O. The second-order valence-electron chi connectivity index (χ2n) is 2.90. The van der Waals surface area contributed by atoms with Gasteiger partial charge < -0.3 is 10.5 Å². The van der Waals surface area contributed by atoms with Crippen molar-refractivity contribution in [2.45, 2.75) is 12.3 Å². The van der Waals surface area contributed by atoms with E-state index in [0.29, 0.717) is 0 Å². The summed E-state index contributed by atoms with van der Waals surface area (Å²) in [7, 11) is 0. The number of alkyl halides is 4. The fourth-order valence-corrected chi connectivity index (χ4v) is 0.957. The summed E-state index contributed by atoms with van der Waals surface area (Å²) in [4.78, 5) is 3.48. The largest absolute Gasteiger partial charge is 0.470 e. The van der Waals surface area contributed by atoms with Gasteiger partial charge in [0.2, 0.25) is 5.88 Å². The molecule has 0 fully saturated rings. The zero-order chi connectivity index (χ0) is 12.3. The lowest BCUT2D eigenvalue weighted by Crippen LogP contribution is -2.34. The van der Waals surface area contributed by atoms with Crippen LogP contribution in [-0.2, 0) is 0 Å². The van der Waals surface area contributed by atoms with Gasteiger partial charge in [0, 0.05) is 6.20 Å². The molecule has 0 saturated heterocycles. The predicted octanol–water partition coefficient (Wildman–Crippen LogP) is 2.60. The molecule has 0 aliphatic heterocycles. The molecule has 3 nitrogen and oxygen atoms in total. The van der Waals surface area contributed by atoms with Gasteiger partial charge in [0.05, 0.1) is 10.7 Å². The van der Waals surface area contributed by atoms with Gasteiger partial charge in [-0.1, -0.05) is 11.6 Å². The second kappa shape index (κ2) is 4.73. The topological polar surface area (TPSA) is 48.1 Å². The molecule has 0 atom stereocenters. The number of rotatable bonds is 4. The first-order valence-corrected chi connectivity index (χ1v) is 4.40. The summed E-state index contributed by atoms with van der Waals surface area (Å²) in [5.41, 5.74) is 5.22. The second-order valence-corrected chi connectivity index (χ2v) is 3.33. The first-order valence-electron chi connectivity index (χ1n) is 4.02. The van der Waals surface area contributed by atoms with Crippen LogP contribution in [0.4, 0.5) is 23.2 Å². The number of hydrogen-bond acceptors (Lipinski definition) is 3. The molecule has 16 heavy (non-hydrogen) atoms. The highest BCUT2D eigenvalue weighted by Gasteiger charge is 2.42. The quantitative estimate of drug-likeness (QED) is 0.845. The zero-order valence-corrected chi connectivity index (χ0v) is 8.52. The smallest absolute Gasteiger partial charge is 0.340 e. The molecule has 0 spiro atoms. The third-order valence-electron chi connectivity index (χ3n) is 1.57. The predicted molar refractivity (Wildman–Crippen MR) is 50.1 cm³/mol. The molecule has 0 unspecified atom stereocenters. The van der Waals surface area contributed by atoms with Crippen LogP contribution >= 0.6 is 11.6 Å². The van der Waals surface area contributed by atoms with E-state index in [1.165, 1.54) is 6.07 Å². The summed E-state index contributed by atoms with van der Waals surface area (Å²) < 4.78 is 52.9. The van der Waals surface area contributed by atoms with E-state index in [0.717, 1.165) is 6.20 Å². The molecule has 0 aliphatic carbocycles. The van der Waals surface area contributed by atoms with Crippen LogP contribution in [0.15, 0.2) is 12.3 Å². The van der Waals surface area contributed by atoms with Crippen LogP contribution in [0.2, 0.25) is 5.02 Å². The minimum Gasteiger partial charge on any atom is -0.470 e. The number of ether oxygens (including phenoxy) is 1. The van der Waals surface area contributed by atoms with Crippen molar-refractivity contribution in [3.05, 3.63) is 17.3 Å². The summed E-state index contributed by atoms with van der Waals surface area (Å²) in [5, 5.41) is 0.186. The number of halogens is 5. The molecule has 1 rings (SSSR count). The van der Waals surface area contributed by atoms with Gasteiger partial charge in [-0.15, -0.1) is 0 Å². The Bertz CT molecular complexity index is 375. The summed E-state index contributed by atoms with van der Waals surface area (Å²) in [5.74, 6) is -4.60. The van der Waals surface area contributed by atoms with E-state index in [-0.39, 0.29) is 16.6 Å². The third kappa shape index (κ3) is 3.13. The molecule has 2 N–H and O–H groups in total. The summed E-state index contributed by atoms with van der Waals surface area (Å²) in [6.45, 7) is -1.50. The van der Waals surface area contributed by atoms with Gasteiger partial charge in [-0.25, -0.2) is 13.8 Å². The highest BCUT2D eigenvalue weighted by Crippen LogP contribution is 2.26.